The van der Waals surface area contributed by atoms with Crippen molar-refractivity contribution in [2.24, 2.45) is 0 Å². The van der Waals surface area contributed by atoms with Crippen LogP contribution in [0.15, 0.2) is 54.6 Å². The van der Waals surface area contributed by atoms with Crippen LogP contribution in [0, 0.1) is 11.3 Å². The van der Waals surface area contributed by atoms with Crippen LogP contribution in [-0.2, 0) is 27.4 Å². The second-order valence-electron chi connectivity index (χ2n) is 16.0. The van der Waals surface area contributed by atoms with Crippen molar-refractivity contribution in [3.8, 4) is 6.07 Å². The van der Waals surface area contributed by atoms with Gasteiger partial charge in [-0.2, -0.15) is 5.26 Å². The number of amides is 5. The van der Waals surface area contributed by atoms with Crippen LogP contribution >= 0.6 is 11.6 Å². The minimum Gasteiger partial charge on any atom is -0.377 e. The summed E-state index contributed by atoms with van der Waals surface area (Å²) in [5.41, 5.74) is 5.37. The van der Waals surface area contributed by atoms with Gasteiger partial charge in [-0.05, 0) is 111 Å². The summed E-state index contributed by atoms with van der Waals surface area (Å²) in [4.78, 5) is 71.9. The number of halogens is 1. The van der Waals surface area contributed by atoms with E-state index in [0.29, 0.717) is 53.0 Å². The Morgan fingerprint density at radius 2 is 1.60 bits per heavy atom. The van der Waals surface area contributed by atoms with Crippen molar-refractivity contribution in [3.63, 3.8) is 0 Å². The van der Waals surface area contributed by atoms with E-state index in [4.69, 9.17) is 16.3 Å². The molecular formula is C43H46ClN7O6. The number of ether oxygens (including phenoxy) is 1. The van der Waals surface area contributed by atoms with E-state index in [9.17, 15) is 29.2 Å². The molecule has 0 spiro atoms. The molecule has 296 valence electrons. The predicted octanol–water partition coefficient (Wildman–Crippen LogP) is 4.79. The molecule has 2 saturated heterocycles. The Balaban J connectivity index is 0.815. The Bertz CT molecular complexity index is 2130. The summed E-state index contributed by atoms with van der Waals surface area (Å²) in [7, 11) is 3.81. The summed E-state index contributed by atoms with van der Waals surface area (Å²) >= 11 is 6.27. The van der Waals surface area contributed by atoms with Gasteiger partial charge in [-0.3, -0.25) is 39.1 Å². The lowest BCUT2D eigenvalue weighted by Gasteiger charge is -2.43. The van der Waals surface area contributed by atoms with Crippen LogP contribution in [-0.4, -0.2) is 96.9 Å². The number of nitrogens with one attached hydrogen (secondary N) is 2. The maximum Gasteiger partial charge on any atom is 0.262 e. The molecule has 0 radical (unpaired) electrons. The standard InChI is InChI=1S/C43H46ClN7O6/c1-48(33-10-5-27(22-45)36(44)21-33)31-11-6-30(7-12-31)46-39(53)26-3-8-32(9-4-26)50-17-15-43(57-2,16-18-50)25-49-23-28-19-34-35(20-29(28)24-49)42(56)51(41(34)55)37-13-14-38(52)47-40(37)54/h3-5,8-10,19-21,30-31,37H,6-7,11-18,23-25H2,1-2H3,(H,46,53)(H,47,52,54). The van der Waals surface area contributed by atoms with E-state index in [2.05, 4.69) is 38.5 Å². The number of fused-ring (bicyclic) bond motifs is 2. The third kappa shape index (κ3) is 7.49. The first-order valence-corrected chi connectivity index (χ1v) is 20.1. The number of benzene rings is 3. The minimum absolute atomic E-state index is 0.0634. The number of carbonyl (C=O) groups is 5. The Morgan fingerprint density at radius 1 is 0.947 bits per heavy atom. The molecule has 13 nitrogen and oxygen atoms in total. The summed E-state index contributed by atoms with van der Waals surface area (Å²) in [6, 6.07) is 18.5. The average Bonchev–Trinajstić information content (AvgIpc) is 3.72. The largest absolute Gasteiger partial charge is 0.377 e. The first kappa shape index (κ1) is 38.6. The number of methoxy groups -OCH3 is 1. The third-order valence-corrected chi connectivity index (χ3v) is 13.0. The molecule has 8 rings (SSSR count). The minimum atomic E-state index is -0.982. The number of carbonyl (C=O) groups excluding carboxylic acids is 5. The van der Waals surface area contributed by atoms with Crippen molar-refractivity contribution < 1.29 is 28.7 Å². The number of imide groups is 2. The zero-order valence-corrected chi connectivity index (χ0v) is 32.9. The second-order valence-corrected chi connectivity index (χ2v) is 16.5. The average molecular weight is 792 g/mol. The lowest BCUT2D eigenvalue weighted by atomic mass is 9.89. The predicted molar refractivity (Wildman–Crippen MR) is 213 cm³/mol. The zero-order valence-electron chi connectivity index (χ0n) is 32.2. The summed E-state index contributed by atoms with van der Waals surface area (Å²) in [5.74, 6) is -2.05. The van der Waals surface area contributed by atoms with Gasteiger partial charge in [0, 0.05) is 82.3 Å². The highest BCUT2D eigenvalue weighted by Gasteiger charge is 2.46. The molecule has 3 aromatic carbocycles. The lowest BCUT2D eigenvalue weighted by Crippen LogP contribution is -2.54. The van der Waals surface area contributed by atoms with Crippen molar-refractivity contribution in [1.82, 2.24) is 20.4 Å². The molecule has 3 aromatic rings. The number of anilines is 2. The van der Waals surface area contributed by atoms with Gasteiger partial charge in [-0.25, -0.2) is 0 Å². The maximum absolute atomic E-state index is 13.4. The molecule has 2 N–H and O–H groups in total. The highest BCUT2D eigenvalue weighted by Crippen LogP contribution is 2.37. The Kier molecular flexibility index (Phi) is 10.5. The fraction of sp³-hybridized carbons (Fsp3) is 0.442. The van der Waals surface area contributed by atoms with Gasteiger partial charge in [0.1, 0.15) is 12.1 Å². The van der Waals surface area contributed by atoms with E-state index >= 15 is 0 Å². The van der Waals surface area contributed by atoms with Gasteiger partial charge >= 0.3 is 0 Å². The first-order valence-electron chi connectivity index (χ1n) is 19.7. The zero-order chi connectivity index (χ0) is 40.0. The first-order chi connectivity index (χ1) is 27.5. The van der Waals surface area contributed by atoms with Crippen LogP contribution in [0.5, 0.6) is 0 Å². The van der Waals surface area contributed by atoms with Gasteiger partial charge < -0.3 is 19.9 Å². The molecule has 0 aromatic heterocycles. The number of hydrogen-bond donors (Lipinski definition) is 2. The smallest absolute Gasteiger partial charge is 0.262 e. The summed E-state index contributed by atoms with van der Waals surface area (Å²) in [6.45, 7) is 3.52. The molecule has 1 aliphatic carbocycles. The normalized spacial score (nSPS) is 23.2. The molecule has 5 aliphatic rings. The number of rotatable bonds is 9. The SMILES string of the molecule is COC1(CN2Cc3cc4c(cc3C2)C(=O)N(C2CCC(=O)NC2=O)C4=O)CCN(c2ccc(C(=O)NC3CCC(N(C)c4ccc(C#N)c(Cl)c4)CC3)cc2)CC1. The van der Waals surface area contributed by atoms with Crippen molar-refractivity contribution in [1.29, 1.82) is 5.26 Å². The van der Waals surface area contributed by atoms with E-state index in [1.165, 1.54) is 0 Å². The number of nitriles is 1. The molecule has 1 atom stereocenters. The summed E-state index contributed by atoms with van der Waals surface area (Å²) in [5, 5.41) is 15.1. The van der Waals surface area contributed by atoms with Crippen molar-refractivity contribution >= 4 is 52.5 Å². The van der Waals surface area contributed by atoms with Crippen LogP contribution in [0.2, 0.25) is 5.02 Å². The number of nitrogens with zero attached hydrogens (tertiary/aromatic N) is 5. The van der Waals surface area contributed by atoms with Gasteiger partial charge in [-0.1, -0.05) is 11.6 Å². The van der Waals surface area contributed by atoms with E-state index in [-0.39, 0.29) is 30.4 Å². The Hall–Kier alpha value is -5.29. The number of hydrogen-bond acceptors (Lipinski definition) is 10. The molecular weight excluding hydrogens is 746 g/mol. The van der Waals surface area contributed by atoms with E-state index in [1.54, 1.807) is 25.3 Å². The monoisotopic (exact) mass is 791 g/mol. The quantitative estimate of drug-likeness (QED) is 0.289. The van der Waals surface area contributed by atoms with E-state index < -0.39 is 29.7 Å². The van der Waals surface area contributed by atoms with Crippen LogP contribution < -0.4 is 20.4 Å². The van der Waals surface area contributed by atoms with Crippen LogP contribution in [0.4, 0.5) is 11.4 Å². The number of piperidine rings is 2. The molecule has 0 bridgehead atoms. The molecule has 14 heteroatoms. The molecule has 57 heavy (non-hydrogen) atoms. The Labute approximate surface area is 336 Å². The van der Waals surface area contributed by atoms with Crippen LogP contribution in [0.1, 0.15) is 99.1 Å². The van der Waals surface area contributed by atoms with Gasteiger partial charge in [0.2, 0.25) is 11.8 Å². The van der Waals surface area contributed by atoms with Crippen molar-refractivity contribution in [2.75, 3.05) is 43.6 Å². The highest BCUT2D eigenvalue weighted by molar-refractivity contribution is 6.32. The topological polar surface area (TPSA) is 155 Å². The van der Waals surface area contributed by atoms with Crippen molar-refractivity contribution in [3.05, 3.63) is 93.0 Å². The summed E-state index contributed by atoms with van der Waals surface area (Å²) < 4.78 is 6.20. The molecule has 4 aliphatic heterocycles. The molecule has 3 fully saturated rings. The third-order valence-electron chi connectivity index (χ3n) is 12.7. The lowest BCUT2D eigenvalue weighted by molar-refractivity contribution is -0.136. The van der Waals surface area contributed by atoms with E-state index in [1.807, 2.05) is 36.4 Å². The van der Waals surface area contributed by atoms with Crippen LogP contribution in [0.25, 0.3) is 0 Å². The van der Waals surface area contributed by atoms with Crippen molar-refractivity contribution in [2.45, 2.75) is 88.2 Å². The fourth-order valence-electron chi connectivity index (χ4n) is 9.28. The molecule has 1 saturated carbocycles. The van der Waals surface area contributed by atoms with Gasteiger partial charge in [0.05, 0.1) is 27.3 Å². The Morgan fingerprint density at radius 3 is 2.18 bits per heavy atom. The van der Waals surface area contributed by atoms with Gasteiger partial charge in [-0.15, -0.1) is 0 Å². The van der Waals surface area contributed by atoms with E-state index in [0.717, 1.165) is 79.0 Å². The maximum atomic E-state index is 13.4. The second kappa shape index (κ2) is 15.6. The molecule has 1 unspecified atom stereocenters. The summed E-state index contributed by atoms with van der Waals surface area (Å²) in [6.07, 6.45) is 5.48. The fourth-order valence-corrected chi connectivity index (χ4v) is 9.50. The molecule has 4 heterocycles. The van der Waals surface area contributed by atoms with Gasteiger partial charge in [0.25, 0.3) is 17.7 Å². The van der Waals surface area contributed by atoms with Gasteiger partial charge in [0.15, 0.2) is 0 Å². The molecule has 5 amide bonds. The highest BCUT2D eigenvalue weighted by atomic mass is 35.5. The van der Waals surface area contributed by atoms with Crippen LogP contribution in [0.3, 0.4) is 0 Å².